The predicted octanol–water partition coefficient (Wildman–Crippen LogP) is -3.18. The summed E-state index contributed by atoms with van der Waals surface area (Å²) in [5.74, 6) is -2.24. The maximum absolute atomic E-state index is 11.6. The highest BCUT2D eigenvalue weighted by atomic mass is 16.8. The number of aromatic nitrogens is 2. The molecule has 1 aliphatic carbocycles. The van der Waals surface area contributed by atoms with Crippen molar-refractivity contribution in [1.82, 2.24) is 25.9 Å². The van der Waals surface area contributed by atoms with Gasteiger partial charge in [0.2, 0.25) is 12.1 Å². The Balaban J connectivity index is 1.57. The van der Waals surface area contributed by atoms with E-state index < -0.39 is 60.3 Å². The Bertz CT molecular complexity index is 778. The van der Waals surface area contributed by atoms with Crippen LogP contribution in [-0.2, 0) is 20.8 Å². The van der Waals surface area contributed by atoms with Crippen LogP contribution >= 0.6 is 0 Å². The minimum absolute atomic E-state index is 0.0422. The van der Waals surface area contributed by atoms with E-state index in [0.29, 0.717) is 12.2 Å². The van der Waals surface area contributed by atoms with Crippen molar-refractivity contribution in [2.45, 2.75) is 80.2 Å². The molecule has 3 heterocycles. The predicted molar refractivity (Wildman–Crippen MR) is 110 cm³/mol. The van der Waals surface area contributed by atoms with Crippen molar-refractivity contribution < 1.29 is 34.6 Å². The first-order chi connectivity index (χ1) is 15.2. The SMILES string of the molecule is CNC1C(O)C(NC)C2OC3(O)C(OC(C)CC3(O)CNCc3cnccn3)OC2C1O. The Morgan fingerprint density at radius 2 is 1.81 bits per heavy atom. The van der Waals surface area contributed by atoms with Gasteiger partial charge in [-0.3, -0.25) is 9.97 Å². The first-order valence-electron chi connectivity index (χ1n) is 10.8. The number of hydrogen-bond donors (Lipinski definition) is 7. The van der Waals surface area contributed by atoms with E-state index in [1.807, 2.05) is 0 Å². The van der Waals surface area contributed by atoms with Crippen molar-refractivity contribution in [3.8, 4) is 0 Å². The largest absolute Gasteiger partial charge is 0.390 e. The molecule has 2 aliphatic heterocycles. The third kappa shape index (κ3) is 3.94. The van der Waals surface area contributed by atoms with Gasteiger partial charge in [-0.1, -0.05) is 0 Å². The number of ether oxygens (including phenoxy) is 3. The van der Waals surface area contributed by atoms with Crippen LogP contribution in [0.1, 0.15) is 19.0 Å². The van der Waals surface area contributed by atoms with Crippen LogP contribution in [0.15, 0.2) is 18.6 Å². The van der Waals surface area contributed by atoms with E-state index >= 15 is 0 Å². The summed E-state index contributed by atoms with van der Waals surface area (Å²) in [7, 11) is 3.27. The first-order valence-corrected chi connectivity index (χ1v) is 10.8. The number of likely N-dealkylation sites (N-methyl/N-ethyl adjacent to an activating group) is 2. The molecule has 2 saturated heterocycles. The van der Waals surface area contributed by atoms with E-state index in [-0.39, 0.29) is 13.0 Å². The Morgan fingerprint density at radius 1 is 1.06 bits per heavy atom. The quantitative estimate of drug-likeness (QED) is 0.230. The molecule has 0 bridgehead atoms. The van der Waals surface area contributed by atoms with Gasteiger partial charge in [0.1, 0.15) is 23.9 Å². The maximum atomic E-state index is 11.6. The summed E-state index contributed by atoms with van der Waals surface area (Å²) in [4.78, 5) is 8.20. The summed E-state index contributed by atoms with van der Waals surface area (Å²) in [5, 5.41) is 53.7. The zero-order chi connectivity index (χ0) is 23.1. The highest BCUT2D eigenvalue weighted by molar-refractivity contribution is 5.12. The molecule has 1 aromatic rings. The van der Waals surface area contributed by atoms with Gasteiger partial charge in [0.05, 0.1) is 30.0 Å². The zero-order valence-electron chi connectivity index (χ0n) is 18.4. The van der Waals surface area contributed by atoms with Crippen LogP contribution in [0.25, 0.3) is 0 Å². The van der Waals surface area contributed by atoms with Crippen LogP contribution in [0.5, 0.6) is 0 Å². The van der Waals surface area contributed by atoms with Gasteiger partial charge in [0.25, 0.3) is 0 Å². The highest BCUT2D eigenvalue weighted by Gasteiger charge is 2.68. The number of hydrogen-bond acceptors (Lipinski definition) is 12. The fourth-order valence-corrected chi connectivity index (χ4v) is 5.05. The molecule has 3 fully saturated rings. The molecule has 32 heavy (non-hydrogen) atoms. The van der Waals surface area contributed by atoms with E-state index in [9.17, 15) is 20.4 Å². The minimum atomic E-state index is -2.24. The van der Waals surface area contributed by atoms with Crippen LogP contribution in [0.3, 0.4) is 0 Å². The fraction of sp³-hybridized carbons (Fsp3) is 0.800. The summed E-state index contributed by atoms with van der Waals surface area (Å²) < 4.78 is 17.9. The maximum Gasteiger partial charge on any atom is 0.249 e. The van der Waals surface area contributed by atoms with Crippen LogP contribution in [0.2, 0.25) is 0 Å². The van der Waals surface area contributed by atoms with Crippen molar-refractivity contribution >= 4 is 0 Å². The lowest BCUT2D eigenvalue weighted by Crippen LogP contribution is -2.81. The molecule has 0 radical (unpaired) electrons. The first kappa shape index (κ1) is 23.8. The number of rotatable bonds is 6. The lowest BCUT2D eigenvalue weighted by Gasteiger charge is -2.60. The van der Waals surface area contributed by atoms with Gasteiger partial charge in [-0.25, -0.2) is 0 Å². The van der Waals surface area contributed by atoms with Gasteiger partial charge in [-0.05, 0) is 21.0 Å². The summed E-state index contributed by atoms with van der Waals surface area (Å²) in [6.45, 7) is 2.04. The summed E-state index contributed by atoms with van der Waals surface area (Å²) in [6, 6.07) is -1.36. The number of fused-ring (bicyclic) bond motifs is 2. The average molecular weight is 456 g/mol. The average Bonchev–Trinajstić information content (AvgIpc) is 2.75. The highest BCUT2D eigenvalue weighted by Crippen LogP contribution is 2.46. The van der Waals surface area contributed by atoms with E-state index in [0.717, 1.165) is 0 Å². The topological polar surface area (TPSA) is 170 Å². The van der Waals surface area contributed by atoms with Crippen LogP contribution in [-0.4, -0.2) is 111 Å². The molecule has 12 nitrogen and oxygen atoms in total. The Hall–Kier alpha value is -1.32. The summed E-state index contributed by atoms with van der Waals surface area (Å²) in [5.41, 5.74) is -1.11. The van der Waals surface area contributed by atoms with Crippen LogP contribution < -0.4 is 16.0 Å². The molecule has 4 rings (SSSR count). The Morgan fingerprint density at radius 3 is 2.47 bits per heavy atom. The van der Waals surface area contributed by atoms with Crippen molar-refractivity contribution in [3.05, 3.63) is 24.3 Å². The minimum Gasteiger partial charge on any atom is -0.390 e. The van der Waals surface area contributed by atoms with Gasteiger partial charge in [-0.2, -0.15) is 0 Å². The second-order valence-electron chi connectivity index (χ2n) is 8.80. The van der Waals surface area contributed by atoms with Gasteiger partial charge in [-0.15, -0.1) is 0 Å². The molecule has 0 aromatic carbocycles. The van der Waals surface area contributed by atoms with Crippen molar-refractivity contribution in [1.29, 1.82) is 0 Å². The zero-order valence-corrected chi connectivity index (χ0v) is 18.4. The third-order valence-electron chi connectivity index (χ3n) is 6.69. The third-order valence-corrected chi connectivity index (χ3v) is 6.69. The van der Waals surface area contributed by atoms with Crippen molar-refractivity contribution in [2.75, 3.05) is 20.6 Å². The van der Waals surface area contributed by atoms with Gasteiger partial charge >= 0.3 is 0 Å². The molecule has 1 aromatic heterocycles. The van der Waals surface area contributed by atoms with Crippen molar-refractivity contribution in [3.63, 3.8) is 0 Å². The second kappa shape index (κ2) is 9.14. The number of nitrogens with zero attached hydrogens (tertiary/aromatic N) is 2. The molecular formula is C20H33N5O7. The number of aliphatic hydroxyl groups is 4. The van der Waals surface area contributed by atoms with Gasteiger partial charge in [0.15, 0.2) is 0 Å². The molecule has 7 N–H and O–H groups in total. The molecular weight excluding hydrogens is 422 g/mol. The standard InChI is InChI=1S/C20H33N5O7/c1-10-6-19(28,9-24-8-11-7-23-4-5-25-11)20(29)18(30-10)31-17-15(27)12(21-2)14(26)13(22-3)16(17)32-20/h4-5,7,10,12-18,21-22,24,26-29H,6,8-9H2,1-3H3. The molecule has 10 unspecified atom stereocenters. The fourth-order valence-electron chi connectivity index (χ4n) is 5.05. The normalized spacial score (nSPS) is 46.3. The molecule has 3 aliphatic rings. The van der Waals surface area contributed by atoms with E-state index in [1.54, 1.807) is 39.6 Å². The van der Waals surface area contributed by atoms with E-state index in [2.05, 4.69) is 25.9 Å². The molecule has 12 heteroatoms. The van der Waals surface area contributed by atoms with Crippen LogP contribution in [0.4, 0.5) is 0 Å². The van der Waals surface area contributed by atoms with Gasteiger partial charge in [0, 0.05) is 38.1 Å². The van der Waals surface area contributed by atoms with E-state index in [4.69, 9.17) is 14.2 Å². The Labute approximate surface area is 186 Å². The molecule has 0 spiro atoms. The summed E-state index contributed by atoms with van der Waals surface area (Å²) >= 11 is 0. The number of nitrogens with one attached hydrogen (secondary N) is 3. The second-order valence-corrected chi connectivity index (χ2v) is 8.80. The smallest absolute Gasteiger partial charge is 0.249 e. The molecule has 1 saturated carbocycles. The number of aliphatic hydroxyl groups excluding tert-OH is 2. The molecule has 10 atom stereocenters. The molecule has 0 amide bonds. The summed E-state index contributed by atoms with van der Waals surface area (Å²) in [6.07, 6.45) is -0.979. The van der Waals surface area contributed by atoms with Crippen LogP contribution in [0, 0.1) is 0 Å². The lowest BCUT2D eigenvalue weighted by molar-refractivity contribution is -0.482. The lowest BCUT2D eigenvalue weighted by atomic mass is 9.77. The monoisotopic (exact) mass is 455 g/mol. The molecule has 180 valence electrons. The van der Waals surface area contributed by atoms with Crippen molar-refractivity contribution in [2.24, 2.45) is 0 Å². The Kier molecular flexibility index (Phi) is 6.81. The van der Waals surface area contributed by atoms with E-state index in [1.165, 1.54) is 0 Å². The van der Waals surface area contributed by atoms with Gasteiger partial charge < -0.3 is 50.6 Å².